The molecule has 2 rings (SSSR count). The van der Waals surface area contributed by atoms with Crippen LogP contribution in [0.2, 0.25) is 0 Å². The van der Waals surface area contributed by atoms with Crippen molar-refractivity contribution in [2.24, 2.45) is 0 Å². The second kappa shape index (κ2) is 7.19. The van der Waals surface area contributed by atoms with E-state index >= 15 is 0 Å². The molecular weight excluding hydrogens is 302 g/mol. The van der Waals surface area contributed by atoms with E-state index in [0.717, 1.165) is 5.56 Å². The Balaban J connectivity index is 2.43. The second-order valence-electron chi connectivity index (χ2n) is 5.09. The van der Waals surface area contributed by atoms with Gasteiger partial charge in [-0.3, -0.25) is 9.63 Å². The first-order chi connectivity index (χ1) is 10.9. The molecule has 0 aliphatic carbocycles. The van der Waals surface area contributed by atoms with Gasteiger partial charge < -0.3 is 5.32 Å². The Morgan fingerprint density at radius 3 is 2.57 bits per heavy atom. The molecule has 0 aliphatic heterocycles. The van der Waals surface area contributed by atoms with Crippen molar-refractivity contribution >= 4 is 17.3 Å². The summed E-state index contributed by atoms with van der Waals surface area (Å²) < 4.78 is 28.4. The molecule has 0 fully saturated rings. The molecule has 122 valence electrons. The molecule has 1 amide bonds. The van der Waals surface area contributed by atoms with E-state index in [1.807, 2.05) is 0 Å². The van der Waals surface area contributed by atoms with Crippen LogP contribution in [0.3, 0.4) is 0 Å². The maximum absolute atomic E-state index is 14.4. The van der Waals surface area contributed by atoms with E-state index in [9.17, 15) is 13.6 Å². The molecule has 0 aliphatic rings. The molecule has 0 radical (unpaired) electrons. The fraction of sp³-hybridized carbons (Fsp3) is 0.235. The maximum atomic E-state index is 14.4. The molecule has 0 saturated carbocycles. The monoisotopic (exact) mass is 320 g/mol. The zero-order chi connectivity index (χ0) is 17.0. The Labute approximate surface area is 133 Å². The Hall–Kier alpha value is -2.47. The highest BCUT2D eigenvalue weighted by molar-refractivity contribution is 6.00. The minimum absolute atomic E-state index is 0.0292. The molecule has 0 heterocycles. The van der Waals surface area contributed by atoms with Crippen LogP contribution in [0.25, 0.3) is 0 Å². The van der Waals surface area contributed by atoms with Gasteiger partial charge in [-0.1, -0.05) is 12.1 Å². The summed E-state index contributed by atoms with van der Waals surface area (Å²) >= 11 is 0. The third-order valence-corrected chi connectivity index (χ3v) is 3.27. The molecule has 2 aromatic carbocycles. The van der Waals surface area contributed by atoms with E-state index in [-0.39, 0.29) is 23.5 Å². The van der Waals surface area contributed by atoms with Crippen molar-refractivity contribution < 1.29 is 18.4 Å². The lowest BCUT2D eigenvalue weighted by Crippen LogP contribution is -2.25. The summed E-state index contributed by atoms with van der Waals surface area (Å²) in [4.78, 5) is 16.9. The lowest BCUT2D eigenvalue weighted by Gasteiger charge is -2.15. The summed E-state index contributed by atoms with van der Waals surface area (Å²) in [6, 6.07) is 7.46. The summed E-state index contributed by atoms with van der Waals surface area (Å²) in [6.45, 7) is 5.30. The molecule has 2 aromatic rings. The molecule has 0 aromatic heterocycles. The first-order valence-electron chi connectivity index (χ1n) is 7.18. The number of aryl methyl sites for hydroxylation is 2. The molecule has 4 nitrogen and oxygen atoms in total. The van der Waals surface area contributed by atoms with Gasteiger partial charge >= 0.3 is 0 Å². The lowest BCUT2D eigenvalue weighted by atomic mass is 10.1. The fourth-order valence-corrected chi connectivity index (χ4v) is 2.04. The maximum Gasteiger partial charge on any atom is 0.277 e. The number of hydroxylamine groups is 1. The summed E-state index contributed by atoms with van der Waals surface area (Å²) in [5.74, 6) is -1.75. The van der Waals surface area contributed by atoms with Crippen LogP contribution in [-0.4, -0.2) is 12.5 Å². The third kappa shape index (κ3) is 3.84. The van der Waals surface area contributed by atoms with E-state index < -0.39 is 17.5 Å². The SMILES string of the molecule is CCONC(=O)c1ccc(C)c(F)c1Nc1ccc(C)cc1F. The molecule has 2 N–H and O–H groups in total. The number of nitrogens with one attached hydrogen (secondary N) is 2. The van der Waals surface area contributed by atoms with Gasteiger partial charge in [0.15, 0.2) is 0 Å². The van der Waals surface area contributed by atoms with E-state index in [1.54, 1.807) is 26.8 Å². The van der Waals surface area contributed by atoms with Crippen LogP contribution >= 0.6 is 0 Å². The van der Waals surface area contributed by atoms with Crippen LogP contribution in [0, 0.1) is 25.5 Å². The Morgan fingerprint density at radius 1 is 1.17 bits per heavy atom. The quantitative estimate of drug-likeness (QED) is 0.819. The zero-order valence-electron chi connectivity index (χ0n) is 13.2. The third-order valence-electron chi connectivity index (χ3n) is 3.27. The van der Waals surface area contributed by atoms with Crippen molar-refractivity contribution in [1.29, 1.82) is 0 Å². The Kier molecular flexibility index (Phi) is 5.28. The highest BCUT2D eigenvalue weighted by atomic mass is 19.1. The van der Waals surface area contributed by atoms with Gasteiger partial charge in [0.05, 0.1) is 23.5 Å². The van der Waals surface area contributed by atoms with Gasteiger partial charge in [0.2, 0.25) is 0 Å². The summed E-state index contributed by atoms with van der Waals surface area (Å²) in [7, 11) is 0. The average molecular weight is 320 g/mol. The fourth-order valence-electron chi connectivity index (χ4n) is 2.04. The normalized spacial score (nSPS) is 10.5. The zero-order valence-corrected chi connectivity index (χ0v) is 13.2. The van der Waals surface area contributed by atoms with Gasteiger partial charge in [-0.2, -0.15) is 0 Å². The predicted molar refractivity (Wildman–Crippen MR) is 84.6 cm³/mol. The van der Waals surface area contributed by atoms with Crippen LogP contribution in [0.4, 0.5) is 20.2 Å². The number of hydrogen-bond acceptors (Lipinski definition) is 3. The smallest absolute Gasteiger partial charge is 0.277 e. The number of amides is 1. The molecular formula is C17H18F2N2O2. The van der Waals surface area contributed by atoms with Crippen LogP contribution in [0.15, 0.2) is 30.3 Å². The van der Waals surface area contributed by atoms with Crippen molar-refractivity contribution in [3.8, 4) is 0 Å². The summed E-state index contributed by atoms with van der Waals surface area (Å²) in [5.41, 5.74) is 3.31. The molecule has 0 atom stereocenters. The van der Waals surface area contributed by atoms with Crippen LogP contribution in [-0.2, 0) is 4.84 Å². The number of rotatable bonds is 5. The Bertz CT molecular complexity index is 733. The minimum atomic E-state index is -0.617. The van der Waals surface area contributed by atoms with Crippen molar-refractivity contribution in [3.05, 3.63) is 58.7 Å². The van der Waals surface area contributed by atoms with Gasteiger partial charge in [-0.15, -0.1) is 0 Å². The van der Waals surface area contributed by atoms with Crippen LogP contribution < -0.4 is 10.8 Å². The number of carbonyl (C=O) groups is 1. The lowest BCUT2D eigenvalue weighted by molar-refractivity contribution is 0.0365. The molecule has 6 heteroatoms. The summed E-state index contributed by atoms with van der Waals surface area (Å²) in [6.07, 6.45) is 0. The van der Waals surface area contributed by atoms with E-state index in [2.05, 4.69) is 10.8 Å². The van der Waals surface area contributed by atoms with Gasteiger partial charge in [0, 0.05) is 0 Å². The van der Waals surface area contributed by atoms with E-state index in [4.69, 9.17) is 4.84 Å². The number of hydrogen-bond donors (Lipinski definition) is 2. The van der Waals surface area contributed by atoms with E-state index in [1.165, 1.54) is 24.3 Å². The molecule has 0 unspecified atom stereocenters. The number of carbonyl (C=O) groups excluding carboxylic acids is 1. The molecule has 0 spiro atoms. The van der Waals surface area contributed by atoms with Gasteiger partial charge in [-0.25, -0.2) is 14.3 Å². The Morgan fingerprint density at radius 2 is 1.91 bits per heavy atom. The van der Waals surface area contributed by atoms with Crippen molar-refractivity contribution in [2.45, 2.75) is 20.8 Å². The van der Waals surface area contributed by atoms with Gasteiger partial charge in [-0.05, 0) is 50.1 Å². The molecule has 0 bridgehead atoms. The number of benzene rings is 2. The van der Waals surface area contributed by atoms with Gasteiger partial charge in [0.25, 0.3) is 5.91 Å². The molecule has 0 saturated heterocycles. The van der Waals surface area contributed by atoms with Crippen molar-refractivity contribution in [1.82, 2.24) is 5.48 Å². The van der Waals surface area contributed by atoms with Crippen molar-refractivity contribution in [2.75, 3.05) is 11.9 Å². The second-order valence-corrected chi connectivity index (χ2v) is 5.09. The number of halogens is 2. The highest BCUT2D eigenvalue weighted by Gasteiger charge is 2.18. The highest BCUT2D eigenvalue weighted by Crippen LogP contribution is 2.28. The first-order valence-corrected chi connectivity index (χ1v) is 7.18. The van der Waals surface area contributed by atoms with E-state index in [0.29, 0.717) is 5.56 Å². The van der Waals surface area contributed by atoms with Gasteiger partial charge in [0.1, 0.15) is 11.6 Å². The predicted octanol–water partition coefficient (Wildman–Crippen LogP) is 4.01. The van der Waals surface area contributed by atoms with Crippen LogP contribution in [0.1, 0.15) is 28.4 Å². The van der Waals surface area contributed by atoms with Crippen LogP contribution in [0.5, 0.6) is 0 Å². The summed E-state index contributed by atoms with van der Waals surface area (Å²) in [5, 5.41) is 2.67. The standard InChI is InChI=1S/C17H18F2N2O2/c1-4-23-21-17(22)12-7-6-11(3)15(19)16(12)20-14-8-5-10(2)9-13(14)18/h5-9,20H,4H2,1-3H3,(H,21,22). The number of anilines is 2. The average Bonchev–Trinajstić information content (AvgIpc) is 2.52. The minimum Gasteiger partial charge on any atom is -0.350 e. The topological polar surface area (TPSA) is 50.4 Å². The largest absolute Gasteiger partial charge is 0.350 e. The van der Waals surface area contributed by atoms with Crippen molar-refractivity contribution in [3.63, 3.8) is 0 Å². The molecule has 23 heavy (non-hydrogen) atoms. The first kappa shape index (κ1) is 16.9.